The van der Waals surface area contributed by atoms with Gasteiger partial charge in [-0.3, -0.25) is 15.0 Å². The number of rotatable bonds is 9. The molecule has 12 aromatic rings. The molecule has 13 heterocycles. The first-order chi connectivity index (χ1) is 67.1. The van der Waals surface area contributed by atoms with Crippen LogP contribution in [0, 0.1) is 5.82 Å². The SMILES string of the molecule is COc1ncccc1-c1cccc2c1C[C@@]1(C2)N=C(N)O[C@@H]1C.C[C@H]1OC(N)=N[C@@]12Cc1cccc(-c3cccnc3N)c1C2.C[C@H]1OC(N)=N[C@@]12Cc1cccc(-c3ccncc3)c1C2.C[C@H]1OC(N)=N[C@@]12Cc1cccc(-c3ccncc3F)c1C2.C[C@H]1OC(N)=N[C@@]12Cc1cccc(-c3cnc(N(C)C)nc3)c1C2.C[C@H]1OC(N)=N[C@@]12Cc1cccc(-c3cncc(N4CCOCC4)n3)c1C2. The fourth-order valence-electron chi connectivity index (χ4n) is 22.4. The maximum atomic E-state index is 14.1. The molecule has 7 aliphatic heterocycles. The molecule has 0 saturated carbocycles. The Labute approximate surface area is 806 Å². The van der Waals surface area contributed by atoms with E-state index in [4.69, 9.17) is 83.0 Å². The number of hydrogen-bond acceptors (Lipinski definition) is 31. The monoisotopic (exact) mass is 1870 g/mol. The van der Waals surface area contributed by atoms with Crippen molar-refractivity contribution >= 4 is 53.7 Å². The van der Waals surface area contributed by atoms with Crippen molar-refractivity contribution in [2.75, 3.05) is 63.0 Å². The largest absolute Gasteiger partial charge is 0.481 e. The van der Waals surface area contributed by atoms with Crippen LogP contribution in [0.15, 0.2) is 244 Å². The van der Waals surface area contributed by atoms with Crippen LogP contribution >= 0.6 is 0 Å². The number of pyridine rings is 4. The zero-order chi connectivity index (χ0) is 96.4. The van der Waals surface area contributed by atoms with Gasteiger partial charge in [0.15, 0.2) is 0 Å². The lowest BCUT2D eigenvalue weighted by atomic mass is 9.90. The first kappa shape index (κ1) is 91.5. The Morgan fingerprint density at radius 1 is 0.338 bits per heavy atom. The molecule has 32 heteroatoms. The number of morpholine rings is 1. The van der Waals surface area contributed by atoms with E-state index in [1.807, 2.05) is 139 Å². The van der Waals surface area contributed by atoms with E-state index in [0.29, 0.717) is 59.7 Å². The Balaban J connectivity index is 0.000000103. The van der Waals surface area contributed by atoms with Crippen LogP contribution in [0.1, 0.15) is 108 Å². The highest BCUT2D eigenvalue weighted by molar-refractivity contribution is 5.84. The number of halogens is 1. The third-order valence-corrected chi connectivity index (χ3v) is 29.9. The second-order valence-electron chi connectivity index (χ2n) is 38.3. The van der Waals surface area contributed by atoms with Crippen LogP contribution in [0.5, 0.6) is 5.88 Å². The van der Waals surface area contributed by atoms with Gasteiger partial charge in [-0.05, 0) is 184 Å². The standard InChI is InChI=1S/C20H23N5O2.C18H21N5O.C18H19N3O2.C17H16FN3O.C17H18N4O.C17H17N3O/c1-13-20(24-19(21)27-13)9-14-3-2-4-15(16(14)10-20)17-11-22-12-18(23-17)25-5-7-26-8-6-25;1-11-18(22-16(19)24-11)7-12-5-4-6-14(15(12)8-18)13-9-20-17(21-10-13)23(2)3;1-11-18(21-17(19)23-11)9-12-5-3-6-13(15(12)10-18)14-7-4-8-20-16(14)22-2;1-10-17(21-16(19)22-10)7-11-3-2-4-12(14(11)8-17)13-5-6-20-9-15(13)18;1-10-17(21-16(19)22-10)8-11-4-2-5-12(14(11)9-17)13-6-3-7-20-15(13)18;1-11-17(20-16(18)21-11)9-13-3-2-4-14(15(13)10-17)12-5-7-19-8-6-12/h2-4,11-13H,5-10H2,1H3,(H2,21,24);4-6,9-11H,7-8H2,1-3H3,(H2,19,22);3-8,11H,9-10H2,1-2H3,(H2,19,21);2-6,9-10H,7-8H2,1H3,(H2,19,21);2-7,10H,8-9H2,1H3,(H2,18,20)(H2,19,21);2-8,11H,9-10H2,1H3,(H2,18,20)/t13-,20-;2*11-,18-;2*10-,17-;11-,17-/m111111/s1. The van der Waals surface area contributed by atoms with Crippen molar-refractivity contribution in [3.05, 3.63) is 286 Å². The van der Waals surface area contributed by atoms with Crippen molar-refractivity contribution in [1.82, 2.24) is 39.9 Å². The van der Waals surface area contributed by atoms with Gasteiger partial charge in [0.1, 0.15) is 87.3 Å². The number of aromatic nitrogens is 8. The van der Waals surface area contributed by atoms with Gasteiger partial charge in [0, 0.05) is 175 Å². The number of nitrogens with zero attached hydrogens (tertiary/aromatic N) is 16. The van der Waals surface area contributed by atoms with E-state index in [9.17, 15) is 4.39 Å². The number of aliphatic imine (C=N–C) groups is 6. The van der Waals surface area contributed by atoms with Gasteiger partial charge in [0.2, 0.25) is 11.8 Å². The van der Waals surface area contributed by atoms with E-state index >= 15 is 0 Å². The molecular formula is C107H114FN23O8. The van der Waals surface area contributed by atoms with Crippen molar-refractivity contribution in [2.24, 2.45) is 64.4 Å². The number of benzene rings is 6. The summed E-state index contributed by atoms with van der Waals surface area (Å²) in [5.41, 5.74) is 66.9. The van der Waals surface area contributed by atoms with Crippen molar-refractivity contribution in [2.45, 2.75) is 188 Å². The van der Waals surface area contributed by atoms with E-state index < -0.39 is 0 Å². The number of anilines is 3. The lowest BCUT2D eigenvalue weighted by Crippen LogP contribution is -2.37. The molecule has 31 nitrogen and oxygen atoms in total. The number of fused-ring (bicyclic) bond motifs is 6. The normalized spacial score (nSPS) is 25.8. The molecule has 0 bridgehead atoms. The van der Waals surface area contributed by atoms with Gasteiger partial charge in [0.25, 0.3) is 36.1 Å². The Morgan fingerprint density at radius 3 is 1.06 bits per heavy atom. The van der Waals surface area contributed by atoms with Crippen molar-refractivity contribution in [3.63, 3.8) is 0 Å². The molecule has 13 aliphatic rings. The highest BCUT2D eigenvalue weighted by Gasteiger charge is 2.54. The predicted molar refractivity (Wildman–Crippen MR) is 536 cm³/mol. The summed E-state index contributed by atoms with van der Waals surface area (Å²) in [6.07, 6.45) is 27.2. The quantitative estimate of drug-likeness (QED) is 0.0705. The molecule has 1 fully saturated rings. The van der Waals surface area contributed by atoms with E-state index in [1.54, 1.807) is 31.8 Å². The minimum Gasteiger partial charge on any atom is -0.481 e. The number of ether oxygens (including phenoxy) is 8. The van der Waals surface area contributed by atoms with Crippen LogP contribution in [-0.4, -0.2) is 193 Å². The van der Waals surface area contributed by atoms with Crippen molar-refractivity contribution in [1.29, 1.82) is 0 Å². The Hall–Kier alpha value is -15.2. The second kappa shape index (κ2) is 36.7. The van der Waals surface area contributed by atoms with E-state index in [2.05, 4.69) is 174 Å². The van der Waals surface area contributed by atoms with Crippen LogP contribution in [0.2, 0.25) is 0 Å². The summed E-state index contributed by atoms with van der Waals surface area (Å²) in [5, 5.41) is 0. The molecule has 6 aromatic heterocycles. The fraction of sp³-hybridized carbons (Fsp3) is 0.346. The Morgan fingerprint density at radius 2 is 0.683 bits per heavy atom. The molecule has 0 amide bonds. The Kier molecular flexibility index (Phi) is 24.2. The smallest absolute Gasteiger partial charge is 0.282 e. The molecular weight excluding hydrogens is 1750 g/mol. The van der Waals surface area contributed by atoms with Gasteiger partial charge in [-0.15, -0.1) is 0 Å². The van der Waals surface area contributed by atoms with Crippen molar-refractivity contribution < 1.29 is 42.3 Å². The number of nitrogen functional groups attached to an aromatic ring is 1. The van der Waals surface area contributed by atoms with E-state index in [0.717, 1.165) is 153 Å². The topological polar surface area (TPSA) is 440 Å². The maximum Gasteiger partial charge on any atom is 0.282 e. The number of hydrogen-bond donors (Lipinski definition) is 7. The number of methoxy groups -OCH3 is 1. The first-order valence-electron chi connectivity index (χ1n) is 47.2. The zero-order valence-electron chi connectivity index (χ0n) is 79.3. The summed E-state index contributed by atoms with van der Waals surface area (Å²) in [7, 11) is 5.51. The average Bonchev–Trinajstić information content (AvgIpc) is 1.62. The molecule has 139 heavy (non-hydrogen) atoms. The van der Waals surface area contributed by atoms with E-state index in [1.165, 1.54) is 84.1 Å². The van der Waals surface area contributed by atoms with Crippen LogP contribution < -0.4 is 54.7 Å². The van der Waals surface area contributed by atoms with Gasteiger partial charge >= 0.3 is 0 Å². The van der Waals surface area contributed by atoms with Crippen LogP contribution in [-0.2, 0) is 110 Å². The fourth-order valence-corrected chi connectivity index (χ4v) is 22.4. The highest BCUT2D eigenvalue weighted by atomic mass is 19.1. The highest BCUT2D eigenvalue weighted by Crippen LogP contribution is 2.51. The van der Waals surface area contributed by atoms with Gasteiger partial charge < -0.3 is 87.8 Å². The lowest BCUT2D eigenvalue weighted by molar-refractivity contribution is 0.122. The number of amidine groups is 6. The number of nitrogens with two attached hydrogens (primary N) is 7. The predicted octanol–water partition coefficient (Wildman–Crippen LogP) is 12.3. The summed E-state index contributed by atoms with van der Waals surface area (Å²) in [6, 6.07) is 53.3. The minimum atomic E-state index is -0.355. The molecule has 0 unspecified atom stereocenters. The van der Waals surface area contributed by atoms with Crippen LogP contribution in [0.4, 0.5) is 22.0 Å². The lowest BCUT2D eigenvalue weighted by Gasteiger charge is -2.27. The van der Waals surface area contributed by atoms with Gasteiger partial charge in [-0.25, -0.2) is 59.3 Å². The van der Waals surface area contributed by atoms with Gasteiger partial charge in [-0.1, -0.05) is 109 Å². The summed E-state index contributed by atoms with van der Waals surface area (Å²) >= 11 is 0. The molecule has 6 spiro atoms. The van der Waals surface area contributed by atoms with Gasteiger partial charge in [0.05, 0.1) is 44.6 Å². The molecule has 712 valence electrons. The third-order valence-electron chi connectivity index (χ3n) is 29.9. The third kappa shape index (κ3) is 17.3. The second-order valence-corrected chi connectivity index (χ2v) is 38.3. The average molecular weight is 1870 g/mol. The molecule has 12 atom stereocenters. The molecule has 1 saturated heterocycles. The Bertz CT molecular complexity index is 6810. The zero-order valence-corrected chi connectivity index (χ0v) is 79.3. The van der Waals surface area contributed by atoms with Crippen LogP contribution in [0.3, 0.4) is 0 Å². The molecule has 25 rings (SSSR count). The van der Waals surface area contributed by atoms with Crippen molar-refractivity contribution in [3.8, 4) is 72.8 Å². The molecule has 14 N–H and O–H groups in total. The summed E-state index contributed by atoms with van der Waals surface area (Å²) in [6.45, 7) is 15.4. The summed E-state index contributed by atoms with van der Waals surface area (Å²) in [4.78, 5) is 66.5. The van der Waals surface area contributed by atoms with Gasteiger partial charge in [-0.2, -0.15) is 0 Å². The van der Waals surface area contributed by atoms with Crippen LogP contribution in [0.25, 0.3) is 66.9 Å². The summed E-state index contributed by atoms with van der Waals surface area (Å²) < 4.78 is 58.6. The summed E-state index contributed by atoms with van der Waals surface area (Å²) in [5.74, 6) is 2.49. The molecule has 6 aliphatic carbocycles. The van der Waals surface area contributed by atoms with E-state index in [-0.39, 0.29) is 81.7 Å². The molecule has 0 radical (unpaired) electrons. The maximum absolute atomic E-state index is 14.1. The minimum absolute atomic E-state index is 0.00915. The first-order valence-corrected chi connectivity index (χ1v) is 47.2. The molecule has 6 aromatic carbocycles.